The largest absolute Gasteiger partial charge is 0.496 e. The van der Waals surface area contributed by atoms with Crippen LogP contribution in [0.15, 0.2) is 22.7 Å². The molecule has 1 heterocycles. The molecule has 116 valence electrons. The summed E-state index contributed by atoms with van der Waals surface area (Å²) in [5, 5.41) is 2.57. The number of rotatable bonds is 4. The van der Waals surface area contributed by atoms with Crippen molar-refractivity contribution in [3.63, 3.8) is 0 Å². The molecule has 1 aromatic carbocycles. The summed E-state index contributed by atoms with van der Waals surface area (Å²) in [4.78, 5) is 13.6. The van der Waals surface area contributed by atoms with Crippen molar-refractivity contribution in [2.75, 3.05) is 20.7 Å². The first-order chi connectivity index (χ1) is 9.82. The van der Waals surface area contributed by atoms with E-state index in [9.17, 15) is 13.6 Å². The fraction of sp³-hybridized carbons (Fsp3) is 0.500. The minimum absolute atomic E-state index is 0.297. The van der Waals surface area contributed by atoms with Gasteiger partial charge in [-0.25, -0.2) is 8.78 Å². The van der Waals surface area contributed by atoms with Crippen molar-refractivity contribution in [3.8, 4) is 5.75 Å². The summed E-state index contributed by atoms with van der Waals surface area (Å²) >= 11 is 3.36. The van der Waals surface area contributed by atoms with Crippen molar-refractivity contribution < 1.29 is 18.3 Å². The molecule has 1 N–H and O–H groups in total. The number of benzene rings is 1. The minimum atomic E-state index is -2.81. The third kappa shape index (κ3) is 3.91. The Morgan fingerprint density at radius 3 is 2.86 bits per heavy atom. The second-order valence-electron chi connectivity index (χ2n) is 5.14. The third-order valence-electron chi connectivity index (χ3n) is 3.43. The van der Waals surface area contributed by atoms with Gasteiger partial charge < -0.3 is 9.64 Å². The van der Waals surface area contributed by atoms with E-state index in [0.717, 1.165) is 10.0 Å². The summed E-state index contributed by atoms with van der Waals surface area (Å²) in [5.41, 5.74) is 0.812. The van der Waals surface area contributed by atoms with Crippen molar-refractivity contribution in [2.24, 2.45) is 0 Å². The van der Waals surface area contributed by atoms with Crippen molar-refractivity contribution in [3.05, 3.63) is 28.2 Å². The topological polar surface area (TPSA) is 41.6 Å². The molecule has 1 aliphatic rings. The molecule has 1 unspecified atom stereocenters. The second kappa shape index (κ2) is 6.27. The van der Waals surface area contributed by atoms with Gasteiger partial charge in [-0.3, -0.25) is 10.1 Å². The molecule has 0 aliphatic carbocycles. The maximum absolute atomic E-state index is 13.2. The Balaban J connectivity index is 2.06. The van der Waals surface area contributed by atoms with E-state index in [1.165, 1.54) is 4.90 Å². The zero-order valence-corrected chi connectivity index (χ0v) is 13.4. The maximum atomic E-state index is 13.2. The zero-order valence-electron chi connectivity index (χ0n) is 11.8. The lowest BCUT2D eigenvalue weighted by Gasteiger charge is -2.22. The predicted molar refractivity (Wildman–Crippen MR) is 78.5 cm³/mol. The highest BCUT2D eigenvalue weighted by molar-refractivity contribution is 9.10. The Kier molecular flexibility index (Phi) is 4.83. The van der Waals surface area contributed by atoms with Gasteiger partial charge in [-0.05, 0) is 18.2 Å². The summed E-state index contributed by atoms with van der Waals surface area (Å²) < 4.78 is 32.4. The molecule has 1 aliphatic heterocycles. The molecule has 2 rings (SSSR count). The van der Waals surface area contributed by atoms with E-state index in [1.807, 2.05) is 12.1 Å². The average molecular weight is 363 g/mol. The fourth-order valence-electron chi connectivity index (χ4n) is 2.36. The molecule has 0 spiro atoms. The van der Waals surface area contributed by atoms with Crippen LogP contribution in [0.2, 0.25) is 0 Å². The smallest absolute Gasteiger partial charge is 0.262 e. The van der Waals surface area contributed by atoms with Crippen LogP contribution in [-0.2, 0) is 11.3 Å². The molecule has 4 nitrogen and oxygen atoms in total. The van der Waals surface area contributed by atoms with Gasteiger partial charge in [0.25, 0.3) is 5.92 Å². The predicted octanol–water partition coefficient (Wildman–Crippen LogP) is 2.41. The first-order valence-electron chi connectivity index (χ1n) is 6.51. The lowest BCUT2D eigenvalue weighted by molar-refractivity contribution is -0.132. The molecule has 1 amide bonds. The molecule has 0 aromatic heterocycles. The Bertz CT molecular complexity index is 540. The van der Waals surface area contributed by atoms with E-state index in [-0.39, 0.29) is 5.91 Å². The summed E-state index contributed by atoms with van der Waals surface area (Å²) in [6, 6.07) is 4.64. The van der Waals surface area contributed by atoms with E-state index >= 15 is 0 Å². The number of ether oxygens (including phenoxy) is 1. The van der Waals surface area contributed by atoms with Gasteiger partial charge in [0, 0.05) is 30.0 Å². The number of amides is 1. The van der Waals surface area contributed by atoms with Gasteiger partial charge in [0.2, 0.25) is 5.91 Å². The third-order valence-corrected chi connectivity index (χ3v) is 3.93. The number of hydrogen-bond acceptors (Lipinski definition) is 3. The number of alkyl halides is 2. The van der Waals surface area contributed by atoms with Gasteiger partial charge in [0.05, 0.1) is 19.7 Å². The van der Waals surface area contributed by atoms with Gasteiger partial charge in [-0.1, -0.05) is 15.9 Å². The van der Waals surface area contributed by atoms with Crippen LogP contribution in [0.25, 0.3) is 0 Å². The Morgan fingerprint density at radius 1 is 1.57 bits per heavy atom. The Labute approximate surface area is 130 Å². The van der Waals surface area contributed by atoms with Gasteiger partial charge >= 0.3 is 0 Å². The number of nitrogens with one attached hydrogen (secondary N) is 1. The number of carbonyl (C=O) groups is 1. The van der Waals surface area contributed by atoms with E-state index < -0.39 is 24.9 Å². The average Bonchev–Trinajstić information content (AvgIpc) is 2.78. The molecule has 0 radical (unpaired) electrons. The first-order valence-corrected chi connectivity index (χ1v) is 7.30. The Hall–Kier alpha value is -1.21. The molecule has 0 bridgehead atoms. The maximum Gasteiger partial charge on any atom is 0.262 e. The van der Waals surface area contributed by atoms with Crippen LogP contribution in [-0.4, -0.2) is 43.5 Å². The highest BCUT2D eigenvalue weighted by atomic mass is 79.9. The number of halogens is 3. The van der Waals surface area contributed by atoms with Gasteiger partial charge in [-0.2, -0.15) is 0 Å². The lowest BCUT2D eigenvalue weighted by atomic mass is 10.1. The van der Waals surface area contributed by atoms with E-state index in [1.54, 1.807) is 20.2 Å². The molecule has 1 atom stereocenters. The van der Waals surface area contributed by atoms with E-state index in [2.05, 4.69) is 21.2 Å². The minimum Gasteiger partial charge on any atom is -0.496 e. The van der Waals surface area contributed by atoms with Crippen LogP contribution >= 0.6 is 15.9 Å². The first kappa shape index (κ1) is 16.2. The molecule has 7 heteroatoms. The number of carbonyl (C=O) groups excluding carboxylic acids is 1. The summed E-state index contributed by atoms with van der Waals surface area (Å²) in [7, 11) is 3.15. The van der Waals surface area contributed by atoms with Crippen molar-refractivity contribution in [1.82, 2.24) is 10.2 Å². The fourth-order valence-corrected chi connectivity index (χ4v) is 2.77. The van der Waals surface area contributed by atoms with Gasteiger partial charge in [-0.15, -0.1) is 0 Å². The van der Waals surface area contributed by atoms with E-state index in [4.69, 9.17) is 4.74 Å². The monoisotopic (exact) mass is 362 g/mol. The second-order valence-corrected chi connectivity index (χ2v) is 6.06. The van der Waals surface area contributed by atoms with Crippen LogP contribution in [0, 0.1) is 0 Å². The summed E-state index contributed by atoms with van der Waals surface area (Å²) in [6.07, 6.45) is -0.453. The van der Waals surface area contributed by atoms with Crippen LogP contribution < -0.4 is 10.1 Å². The normalized spacial score (nSPS) is 20.3. The molecule has 1 aromatic rings. The molecule has 0 saturated carbocycles. The standard InChI is InChI=1S/C14H17BrF2N2O2/c1-19(13(20)11-6-14(16,17)8-18-11)7-9-5-10(15)3-4-12(9)21-2/h3-5,11,18H,6-8H2,1-2H3. The van der Waals surface area contributed by atoms with Crippen molar-refractivity contribution >= 4 is 21.8 Å². The van der Waals surface area contributed by atoms with Crippen molar-refractivity contribution in [1.29, 1.82) is 0 Å². The van der Waals surface area contributed by atoms with Crippen molar-refractivity contribution in [2.45, 2.75) is 24.9 Å². The quantitative estimate of drug-likeness (QED) is 0.894. The molecular formula is C14H17BrF2N2O2. The highest BCUT2D eigenvalue weighted by Gasteiger charge is 2.43. The number of hydrogen-bond donors (Lipinski definition) is 1. The molecule has 1 fully saturated rings. The van der Waals surface area contributed by atoms with Crippen LogP contribution in [0.3, 0.4) is 0 Å². The van der Waals surface area contributed by atoms with Crippen LogP contribution in [0.5, 0.6) is 5.75 Å². The number of likely N-dealkylation sites (N-methyl/N-ethyl adjacent to an activating group) is 1. The van der Waals surface area contributed by atoms with Gasteiger partial charge in [0.15, 0.2) is 0 Å². The zero-order chi connectivity index (χ0) is 15.6. The van der Waals surface area contributed by atoms with Crippen LogP contribution in [0.1, 0.15) is 12.0 Å². The van der Waals surface area contributed by atoms with Crippen LogP contribution in [0.4, 0.5) is 8.78 Å². The SMILES string of the molecule is COc1ccc(Br)cc1CN(C)C(=O)C1CC(F)(F)CN1. The number of methoxy groups -OCH3 is 1. The summed E-state index contributed by atoms with van der Waals surface area (Å²) in [6.45, 7) is -0.150. The molecule has 1 saturated heterocycles. The molecular weight excluding hydrogens is 346 g/mol. The highest BCUT2D eigenvalue weighted by Crippen LogP contribution is 2.27. The Morgan fingerprint density at radius 2 is 2.29 bits per heavy atom. The number of nitrogens with zero attached hydrogens (tertiary/aromatic N) is 1. The summed E-state index contributed by atoms with van der Waals surface area (Å²) in [5.74, 6) is -2.49. The lowest BCUT2D eigenvalue weighted by Crippen LogP contribution is -2.41. The molecule has 21 heavy (non-hydrogen) atoms. The van der Waals surface area contributed by atoms with E-state index in [0.29, 0.717) is 12.3 Å². The van der Waals surface area contributed by atoms with Gasteiger partial charge in [0.1, 0.15) is 5.75 Å².